The molecule has 0 aromatic heterocycles. The Morgan fingerprint density at radius 3 is 2.45 bits per heavy atom. The standard InChI is InChI=1S/C26H31ClN2O4/c1-5-6-15-33-21-12-9-19(16-17(21)2)24(30)22-23(18-7-10-20(27)11-8-18)29(14-13-28(3)4)26(32)25(22)31/h7-12,16,23,30H,5-6,13-15H2,1-4H3/t23-/m0/s1. The van der Waals surface area contributed by atoms with Crippen LogP contribution in [-0.2, 0) is 9.59 Å². The highest BCUT2D eigenvalue weighted by molar-refractivity contribution is 6.46. The molecule has 0 saturated carbocycles. The smallest absolute Gasteiger partial charge is 0.295 e. The highest BCUT2D eigenvalue weighted by Crippen LogP contribution is 2.40. The number of carbonyl (C=O) groups is 2. The van der Waals surface area contributed by atoms with Gasteiger partial charge in [-0.25, -0.2) is 0 Å². The number of likely N-dealkylation sites (tertiary alicyclic amines) is 1. The summed E-state index contributed by atoms with van der Waals surface area (Å²) in [6.07, 6.45) is 2.00. The third kappa shape index (κ3) is 5.57. The molecule has 1 aliphatic heterocycles. The molecular formula is C26H31ClN2O4. The molecular weight excluding hydrogens is 440 g/mol. The molecule has 0 aliphatic carbocycles. The molecule has 2 aromatic carbocycles. The van der Waals surface area contributed by atoms with E-state index < -0.39 is 17.7 Å². The molecule has 2 aromatic rings. The van der Waals surface area contributed by atoms with Crippen molar-refractivity contribution in [1.29, 1.82) is 0 Å². The van der Waals surface area contributed by atoms with Gasteiger partial charge in [-0.3, -0.25) is 9.59 Å². The van der Waals surface area contributed by atoms with Crippen LogP contribution in [0.15, 0.2) is 48.0 Å². The predicted octanol–water partition coefficient (Wildman–Crippen LogP) is 4.81. The van der Waals surface area contributed by atoms with Crippen LogP contribution < -0.4 is 4.74 Å². The zero-order chi connectivity index (χ0) is 24.1. The first-order valence-corrected chi connectivity index (χ1v) is 11.5. The highest BCUT2D eigenvalue weighted by atomic mass is 35.5. The summed E-state index contributed by atoms with van der Waals surface area (Å²) in [6.45, 7) is 5.55. The van der Waals surface area contributed by atoms with Crippen molar-refractivity contribution >= 4 is 29.1 Å². The van der Waals surface area contributed by atoms with Crippen molar-refractivity contribution in [2.24, 2.45) is 0 Å². The molecule has 6 nitrogen and oxygen atoms in total. The van der Waals surface area contributed by atoms with Crippen molar-refractivity contribution in [2.45, 2.75) is 32.7 Å². The Kier molecular flexibility index (Phi) is 8.16. The number of unbranched alkanes of at least 4 members (excludes halogenated alkanes) is 1. The topological polar surface area (TPSA) is 70.1 Å². The summed E-state index contributed by atoms with van der Waals surface area (Å²) in [4.78, 5) is 29.5. The first kappa shape index (κ1) is 24.8. The van der Waals surface area contributed by atoms with Gasteiger partial charge >= 0.3 is 0 Å². The van der Waals surface area contributed by atoms with E-state index >= 15 is 0 Å². The minimum absolute atomic E-state index is 0.0835. The Balaban J connectivity index is 2.04. The van der Waals surface area contributed by atoms with E-state index in [4.69, 9.17) is 16.3 Å². The van der Waals surface area contributed by atoms with E-state index in [2.05, 4.69) is 6.92 Å². The Morgan fingerprint density at radius 1 is 1.15 bits per heavy atom. The summed E-state index contributed by atoms with van der Waals surface area (Å²) in [5, 5.41) is 11.8. The molecule has 176 valence electrons. The number of hydrogen-bond acceptors (Lipinski definition) is 5. The molecule has 3 rings (SSSR count). The summed E-state index contributed by atoms with van der Waals surface area (Å²) >= 11 is 6.06. The maximum Gasteiger partial charge on any atom is 0.295 e. The SMILES string of the molecule is CCCCOc1ccc(C(O)=C2C(=O)C(=O)N(CCN(C)C)[C@H]2c2ccc(Cl)cc2)cc1C. The van der Waals surface area contributed by atoms with Gasteiger partial charge in [0, 0.05) is 23.7 Å². The maximum absolute atomic E-state index is 13.1. The number of Topliss-reactive ketones (excluding diaryl/α,β-unsaturated/α-hetero) is 1. The van der Waals surface area contributed by atoms with E-state index in [-0.39, 0.29) is 11.3 Å². The predicted molar refractivity (Wildman–Crippen MR) is 131 cm³/mol. The number of aliphatic hydroxyl groups excluding tert-OH is 1. The van der Waals surface area contributed by atoms with Crippen LogP contribution in [0.1, 0.15) is 42.5 Å². The fourth-order valence-electron chi connectivity index (χ4n) is 3.85. The van der Waals surface area contributed by atoms with Crippen molar-refractivity contribution in [3.63, 3.8) is 0 Å². The van der Waals surface area contributed by atoms with Crippen LogP contribution in [0.4, 0.5) is 0 Å². The molecule has 1 atom stereocenters. The number of aryl methyl sites for hydroxylation is 1. The van der Waals surface area contributed by atoms with Gasteiger partial charge < -0.3 is 19.6 Å². The summed E-state index contributed by atoms with van der Waals surface area (Å²) in [6, 6.07) is 11.6. The molecule has 1 amide bonds. The lowest BCUT2D eigenvalue weighted by Gasteiger charge is -2.26. The van der Waals surface area contributed by atoms with Gasteiger partial charge in [-0.1, -0.05) is 37.1 Å². The summed E-state index contributed by atoms with van der Waals surface area (Å²) in [5.74, 6) is -0.758. The lowest BCUT2D eigenvalue weighted by Crippen LogP contribution is -2.35. The molecule has 1 fully saturated rings. The van der Waals surface area contributed by atoms with Crippen molar-refractivity contribution in [1.82, 2.24) is 9.80 Å². The number of likely N-dealkylation sites (N-methyl/N-ethyl adjacent to an activating group) is 1. The van der Waals surface area contributed by atoms with Crippen LogP contribution in [0.25, 0.3) is 5.76 Å². The lowest BCUT2D eigenvalue weighted by atomic mass is 9.95. The van der Waals surface area contributed by atoms with Crippen molar-refractivity contribution < 1.29 is 19.4 Å². The second-order valence-corrected chi connectivity index (χ2v) is 8.97. The number of rotatable bonds is 9. The largest absolute Gasteiger partial charge is 0.507 e. The van der Waals surface area contributed by atoms with Gasteiger partial charge in [-0.05, 0) is 68.9 Å². The van der Waals surface area contributed by atoms with Gasteiger partial charge in [0.2, 0.25) is 0 Å². The number of ether oxygens (including phenoxy) is 1. The van der Waals surface area contributed by atoms with Gasteiger partial charge in [-0.15, -0.1) is 0 Å². The number of hydrogen-bond donors (Lipinski definition) is 1. The molecule has 33 heavy (non-hydrogen) atoms. The molecule has 0 bridgehead atoms. The van der Waals surface area contributed by atoms with Crippen molar-refractivity contribution in [3.05, 3.63) is 69.8 Å². The average molecular weight is 471 g/mol. The molecule has 7 heteroatoms. The zero-order valence-electron chi connectivity index (χ0n) is 19.6. The van der Waals surface area contributed by atoms with Gasteiger partial charge in [0.15, 0.2) is 0 Å². The number of aliphatic hydroxyl groups is 1. The fourth-order valence-corrected chi connectivity index (χ4v) is 3.98. The van der Waals surface area contributed by atoms with E-state index in [0.717, 1.165) is 29.7 Å². The number of nitrogens with zero attached hydrogens (tertiary/aromatic N) is 2. The minimum atomic E-state index is -0.692. The summed E-state index contributed by atoms with van der Waals surface area (Å²) < 4.78 is 5.80. The van der Waals surface area contributed by atoms with Gasteiger partial charge in [0.05, 0.1) is 18.2 Å². The van der Waals surface area contributed by atoms with Crippen molar-refractivity contribution in [3.8, 4) is 5.75 Å². The second kappa shape index (κ2) is 10.9. The van der Waals surface area contributed by atoms with Gasteiger partial charge in [0.25, 0.3) is 11.7 Å². The van der Waals surface area contributed by atoms with E-state index in [1.807, 2.05) is 25.9 Å². The monoisotopic (exact) mass is 470 g/mol. The normalized spacial score (nSPS) is 17.8. The number of carbonyl (C=O) groups excluding carboxylic acids is 2. The minimum Gasteiger partial charge on any atom is -0.507 e. The number of halogens is 1. The quantitative estimate of drug-likeness (QED) is 0.246. The third-order valence-electron chi connectivity index (χ3n) is 5.72. The molecule has 1 N–H and O–H groups in total. The Bertz CT molecular complexity index is 1050. The maximum atomic E-state index is 13.1. The van der Waals surface area contributed by atoms with Gasteiger partial charge in [-0.2, -0.15) is 0 Å². The first-order chi connectivity index (χ1) is 15.7. The van der Waals surface area contributed by atoms with E-state index in [1.54, 1.807) is 42.5 Å². The number of amides is 1. The lowest BCUT2D eigenvalue weighted by molar-refractivity contribution is -0.140. The fraction of sp³-hybridized carbons (Fsp3) is 0.385. The Morgan fingerprint density at radius 2 is 1.85 bits per heavy atom. The molecule has 0 radical (unpaired) electrons. The first-order valence-electron chi connectivity index (χ1n) is 11.2. The zero-order valence-corrected chi connectivity index (χ0v) is 20.4. The third-order valence-corrected chi connectivity index (χ3v) is 5.97. The van der Waals surface area contributed by atoms with Crippen LogP contribution in [0.2, 0.25) is 5.02 Å². The van der Waals surface area contributed by atoms with Crippen molar-refractivity contribution in [2.75, 3.05) is 33.8 Å². The highest BCUT2D eigenvalue weighted by Gasteiger charge is 2.45. The summed E-state index contributed by atoms with van der Waals surface area (Å²) in [5.41, 5.74) is 2.12. The van der Waals surface area contributed by atoms with E-state index in [0.29, 0.717) is 30.3 Å². The van der Waals surface area contributed by atoms with Crippen LogP contribution in [-0.4, -0.2) is 60.4 Å². The number of benzene rings is 2. The van der Waals surface area contributed by atoms with Crippen LogP contribution in [0.5, 0.6) is 5.75 Å². The molecule has 1 aliphatic rings. The van der Waals surface area contributed by atoms with Crippen LogP contribution in [0.3, 0.4) is 0 Å². The number of ketones is 1. The molecule has 1 heterocycles. The van der Waals surface area contributed by atoms with E-state index in [9.17, 15) is 14.7 Å². The van der Waals surface area contributed by atoms with E-state index in [1.165, 1.54) is 4.90 Å². The Labute approximate surface area is 200 Å². The molecule has 1 saturated heterocycles. The average Bonchev–Trinajstić information content (AvgIpc) is 3.03. The Hall–Kier alpha value is -2.83. The van der Waals surface area contributed by atoms with Gasteiger partial charge in [0.1, 0.15) is 11.5 Å². The van der Waals surface area contributed by atoms with Crippen LogP contribution >= 0.6 is 11.6 Å². The van der Waals surface area contributed by atoms with Crippen LogP contribution in [0, 0.1) is 6.92 Å². The molecule has 0 spiro atoms. The summed E-state index contributed by atoms with van der Waals surface area (Å²) in [7, 11) is 3.81. The molecule has 0 unspecified atom stereocenters. The second-order valence-electron chi connectivity index (χ2n) is 8.53.